The van der Waals surface area contributed by atoms with Crippen LogP contribution in [0.2, 0.25) is 0 Å². The third-order valence-corrected chi connectivity index (χ3v) is 3.56. The van der Waals surface area contributed by atoms with Crippen LogP contribution in [0.1, 0.15) is 52.9 Å². The minimum atomic E-state index is 0.293. The zero-order valence-electron chi connectivity index (χ0n) is 9.84. The number of hydrogen-bond donors (Lipinski definition) is 2. The lowest BCUT2D eigenvalue weighted by Gasteiger charge is -2.40. The molecule has 1 aliphatic carbocycles. The van der Waals surface area contributed by atoms with Gasteiger partial charge in [0.05, 0.1) is 0 Å². The van der Waals surface area contributed by atoms with Gasteiger partial charge in [-0.05, 0) is 31.6 Å². The molecule has 84 valence electrons. The van der Waals surface area contributed by atoms with Gasteiger partial charge in [0.1, 0.15) is 0 Å². The first-order valence-electron chi connectivity index (χ1n) is 5.93. The highest BCUT2D eigenvalue weighted by Gasteiger charge is 2.32. The molecule has 0 spiro atoms. The van der Waals surface area contributed by atoms with E-state index in [4.69, 9.17) is 5.11 Å². The molecule has 0 aliphatic heterocycles. The molecule has 2 N–H and O–H groups in total. The van der Waals surface area contributed by atoms with Crippen LogP contribution in [0.25, 0.3) is 0 Å². The average Bonchev–Trinajstić information content (AvgIpc) is 2.09. The van der Waals surface area contributed by atoms with Gasteiger partial charge in [-0.2, -0.15) is 0 Å². The van der Waals surface area contributed by atoms with Crippen LogP contribution in [0.5, 0.6) is 0 Å². The first kappa shape index (κ1) is 12.0. The topological polar surface area (TPSA) is 32.3 Å². The molecule has 2 atom stereocenters. The quantitative estimate of drug-likeness (QED) is 0.728. The Bertz CT molecular complexity index is 168. The summed E-state index contributed by atoms with van der Waals surface area (Å²) in [5, 5.41) is 12.5. The van der Waals surface area contributed by atoms with E-state index in [-0.39, 0.29) is 0 Å². The zero-order chi connectivity index (χ0) is 10.6. The van der Waals surface area contributed by atoms with E-state index in [0.29, 0.717) is 24.1 Å². The van der Waals surface area contributed by atoms with Crippen LogP contribution in [-0.4, -0.2) is 23.8 Å². The van der Waals surface area contributed by atoms with Crippen molar-refractivity contribution in [3.05, 3.63) is 0 Å². The van der Waals surface area contributed by atoms with E-state index in [0.717, 1.165) is 6.42 Å². The van der Waals surface area contributed by atoms with Crippen molar-refractivity contribution in [2.45, 2.75) is 65.0 Å². The summed E-state index contributed by atoms with van der Waals surface area (Å²) >= 11 is 0. The highest BCUT2D eigenvalue weighted by Crippen LogP contribution is 2.35. The van der Waals surface area contributed by atoms with Gasteiger partial charge < -0.3 is 10.4 Å². The molecular formula is C12H25NO. The molecule has 0 bridgehead atoms. The lowest BCUT2D eigenvalue weighted by molar-refractivity contribution is 0.150. The molecular weight excluding hydrogens is 174 g/mol. The Balaban J connectivity index is 2.41. The molecule has 0 amide bonds. The van der Waals surface area contributed by atoms with Gasteiger partial charge in [0.25, 0.3) is 0 Å². The second-order valence-electron chi connectivity index (χ2n) is 5.37. The van der Waals surface area contributed by atoms with Crippen molar-refractivity contribution in [1.82, 2.24) is 5.32 Å². The molecule has 0 aromatic rings. The van der Waals surface area contributed by atoms with Crippen molar-refractivity contribution in [2.75, 3.05) is 6.61 Å². The van der Waals surface area contributed by atoms with E-state index in [2.05, 4.69) is 26.1 Å². The van der Waals surface area contributed by atoms with Gasteiger partial charge in [-0.15, -0.1) is 0 Å². The molecule has 1 aliphatic rings. The molecule has 2 heteroatoms. The zero-order valence-corrected chi connectivity index (χ0v) is 9.84. The molecule has 1 rings (SSSR count). The number of nitrogens with one attached hydrogen (secondary N) is 1. The maximum absolute atomic E-state index is 8.86. The molecule has 0 saturated heterocycles. The standard InChI is InChI=1S/C12H25NO/c1-10(7-9-14)13-11-6-4-5-8-12(11,2)3/h10-11,13-14H,4-9H2,1-3H3. The predicted octanol–water partition coefficient (Wildman–Crippen LogP) is 2.32. The Labute approximate surface area is 88.1 Å². The minimum Gasteiger partial charge on any atom is -0.396 e. The molecule has 0 heterocycles. The fraction of sp³-hybridized carbons (Fsp3) is 1.00. The van der Waals surface area contributed by atoms with E-state index in [1.807, 2.05) is 0 Å². The second-order valence-corrected chi connectivity index (χ2v) is 5.37. The van der Waals surface area contributed by atoms with Crippen molar-refractivity contribution < 1.29 is 5.11 Å². The van der Waals surface area contributed by atoms with Crippen molar-refractivity contribution in [1.29, 1.82) is 0 Å². The average molecular weight is 199 g/mol. The van der Waals surface area contributed by atoms with Crippen LogP contribution in [0.3, 0.4) is 0 Å². The Morgan fingerprint density at radius 3 is 2.71 bits per heavy atom. The third-order valence-electron chi connectivity index (χ3n) is 3.56. The third kappa shape index (κ3) is 3.25. The summed E-state index contributed by atoms with van der Waals surface area (Å²) < 4.78 is 0. The van der Waals surface area contributed by atoms with Gasteiger partial charge in [-0.3, -0.25) is 0 Å². The first-order chi connectivity index (χ1) is 6.56. The number of aliphatic hydroxyl groups is 1. The Morgan fingerprint density at radius 2 is 2.14 bits per heavy atom. The van der Waals surface area contributed by atoms with Crippen LogP contribution in [0.15, 0.2) is 0 Å². The fourth-order valence-electron chi connectivity index (χ4n) is 2.42. The normalized spacial score (nSPS) is 28.7. The van der Waals surface area contributed by atoms with E-state index in [1.165, 1.54) is 25.7 Å². The highest BCUT2D eigenvalue weighted by molar-refractivity contribution is 4.89. The van der Waals surface area contributed by atoms with Crippen molar-refractivity contribution in [3.8, 4) is 0 Å². The molecule has 0 radical (unpaired) electrons. The molecule has 14 heavy (non-hydrogen) atoms. The predicted molar refractivity (Wildman–Crippen MR) is 60.3 cm³/mol. The van der Waals surface area contributed by atoms with Gasteiger partial charge in [0.15, 0.2) is 0 Å². The minimum absolute atomic E-state index is 0.293. The number of aliphatic hydroxyl groups excluding tert-OH is 1. The number of rotatable bonds is 4. The van der Waals surface area contributed by atoms with Crippen LogP contribution >= 0.6 is 0 Å². The molecule has 0 aromatic carbocycles. The van der Waals surface area contributed by atoms with Gasteiger partial charge in [-0.25, -0.2) is 0 Å². The van der Waals surface area contributed by atoms with E-state index in [1.54, 1.807) is 0 Å². The Morgan fingerprint density at radius 1 is 1.43 bits per heavy atom. The fourth-order valence-corrected chi connectivity index (χ4v) is 2.42. The monoisotopic (exact) mass is 199 g/mol. The molecule has 0 aromatic heterocycles. The van der Waals surface area contributed by atoms with E-state index >= 15 is 0 Å². The Hall–Kier alpha value is -0.0800. The van der Waals surface area contributed by atoms with Crippen LogP contribution in [0, 0.1) is 5.41 Å². The largest absolute Gasteiger partial charge is 0.396 e. The lowest BCUT2D eigenvalue weighted by atomic mass is 9.73. The molecule has 1 fully saturated rings. The summed E-state index contributed by atoms with van der Waals surface area (Å²) in [5.74, 6) is 0. The Kier molecular flexibility index (Phi) is 4.39. The van der Waals surface area contributed by atoms with E-state index < -0.39 is 0 Å². The maximum atomic E-state index is 8.86. The lowest BCUT2D eigenvalue weighted by Crippen LogP contribution is -2.47. The molecule has 2 unspecified atom stereocenters. The summed E-state index contributed by atoms with van der Waals surface area (Å²) in [5.41, 5.74) is 0.433. The number of hydrogen-bond acceptors (Lipinski definition) is 2. The van der Waals surface area contributed by atoms with Crippen molar-refractivity contribution in [3.63, 3.8) is 0 Å². The SMILES string of the molecule is CC(CCO)NC1CCCCC1(C)C. The summed E-state index contributed by atoms with van der Waals surface area (Å²) in [4.78, 5) is 0. The first-order valence-corrected chi connectivity index (χ1v) is 5.93. The smallest absolute Gasteiger partial charge is 0.0445 e. The summed E-state index contributed by atoms with van der Waals surface area (Å²) in [6.45, 7) is 7.17. The van der Waals surface area contributed by atoms with Gasteiger partial charge in [0.2, 0.25) is 0 Å². The van der Waals surface area contributed by atoms with Gasteiger partial charge in [0, 0.05) is 18.7 Å². The van der Waals surface area contributed by atoms with E-state index in [9.17, 15) is 0 Å². The second kappa shape index (κ2) is 5.13. The van der Waals surface area contributed by atoms with Crippen LogP contribution < -0.4 is 5.32 Å². The molecule has 1 saturated carbocycles. The van der Waals surface area contributed by atoms with Crippen LogP contribution in [-0.2, 0) is 0 Å². The molecule has 2 nitrogen and oxygen atoms in total. The maximum Gasteiger partial charge on any atom is 0.0445 e. The van der Waals surface area contributed by atoms with Crippen molar-refractivity contribution in [2.24, 2.45) is 5.41 Å². The van der Waals surface area contributed by atoms with Crippen LogP contribution in [0.4, 0.5) is 0 Å². The summed E-state index contributed by atoms with van der Waals surface area (Å²) in [6, 6.07) is 1.08. The van der Waals surface area contributed by atoms with Crippen molar-refractivity contribution >= 4 is 0 Å². The summed E-state index contributed by atoms with van der Waals surface area (Å²) in [7, 11) is 0. The summed E-state index contributed by atoms with van der Waals surface area (Å²) in [6.07, 6.45) is 6.22. The van der Waals surface area contributed by atoms with Gasteiger partial charge in [-0.1, -0.05) is 26.7 Å². The highest BCUT2D eigenvalue weighted by atomic mass is 16.3. The van der Waals surface area contributed by atoms with Gasteiger partial charge >= 0.3 is 0 Å².